The Morgan fingerprint density at radius 1 is 1.38 bits per heavy atom. The molecule has 1 N–H and O–H groups in total. The summed E-state index contributed by atoms with van der Waals surface area (Å²) in [5, 5.41) is 4.22. The fraction of sp³-hybridized carbons (Fsp3) is 0.353. The molecule has 1 aliphatic heterocycles. The summed E-state index contributed by atoms with van der Waals surface area (Å²) in [7, 11) is 0. The van der Waals surface area contributed by atoms with Gasteiger partial charge in [-0.3, -0.25) is 4.79 Å². The van der Waals surface area contributed by atoms with E-state index in [9.17, 15) is 4.79 Å². The van der Waals surface area contributed by atoms with Crippen molar-refractivity contribution < 1.29 is 9.21 Å². The molecule has 6 nitrogen and oxygen atoms in total. The first-order valence-corrected chi connectivity index (χ1v) is 8.85. The summed E-state index contributed by atoms with van der Waals surface area (Å²) in [6, 6.07) is 3.77. The first kappa shape index (κ1) is 15.1. The minimum Gasteiger partial charge on any atom is -0.467 e. The molecule has 1 aliphatic rings. The maximum absolute atomic E-state index is 12.8. The molecule has 3 aromatic heterocycles. The number of carbonyl (C=O) groups excluding carboxylic acids is 1. The van der Waals surface area contributed by atoms with Crippen molar-refractivity contribution >= 4 is 34.0 Å². The van der Waals surface area contributed by atoms with E-state index in [1.165, 1.54) is 17.7 Å². The Morgan fingerprint density at radius 3 is 2.96 bits per heavy atom. The molecule has 4 heterocycles. The van der Waals surface area contributed by atoms with E-state index in [0.29, 0.717) is 11.4 Å². The summed E-state index contributed by atoms with van der Waals surface area (Å²) in [6.45, 7) is 4.23. The number of hydrogen-bond donors (Lipinski definition) is 1. The first-order valence-electron chi connectivity index (χ1n) is 8.03. The number of aromatic nitrogens is 2. The minimum atomic E-state index is 0.0892. The topological polar surface area (TPSA) is 71.3 Å². The van der Waals surface area contributed by atoms with Gasteiger partial charge in [0.2, 0.25) is 0 Å². The van der Waals surface area contributed by atoms with Crippen LogP contribution in [0.2, 0.25) is 0 Å². The predicted octanol–water partition coefficient (Wildman–Crippen LogP) is 3.44. The number of aryl methyl sites for hydroxylation is 1. The Labute approximate surface area is 143 Å². The van der Waals surface area contributed by atoms with Crippen molar-refractivity contribution in [3.05, 3.63) is 40.2 Å². The van der Waals surface area contributed by atoms with Crippen LogP contribution < -0.4 is 5.32 Å². The summed E-state index contributed by atoms with van der Waals surface area (Å²) < 4.78 is 5.34. The number of carbonyl (C=O) groups is 1. The second kappa shape index (κ2) is 6.24. The van der Waals surface area contributed by atoms with Gasteiger partial charge in [-0.2, -0.15) is 0 Å². The van der Waals surface area contributed by atoms with E-state index >= 15 is 0 Å². The Bertz CT molecular complexity index is 866. The van der Waals surface area contributed by atoms with Gasteiger partial charge in [0.05, 0.1) is 23.7 Å². The van der Waals surface area contributed by atoms with Crippen LogP contribution in [0.3, 0.4) is 0 Å². The third kappa shape index (κ3) is 2.65. The van der Waals surface area contributed by atoms with Gasteiger partial charge < -0.3 is 14.6 Å². The van der Waals surface area contributed by atoms with Crippen molar-refractivity contribution in [2.45, 2.75) is 26.3 Å². The Kier molecular flexibility index (Phi) is 3.93. The van der Waals surface area contributed by atoms with Crippen molar-refractivity contribution in [2.75, 3.05) is 18.4 Å². The average molecular weight is 342 g/mol. The van der Waals surface area contributed by atoms with Gasteiger partial charge in [-0.15, -0.1) is 11.3 Å². The summed E-state index contributed by atoms with van der Waals surface area (Å²) in [6.07, 6.45) is 5.33. The summed E-state index contributed by atoms with van der Waals surface area (Å²) in [5.41, 5.74) is 0.742. The third-order valence-corrected chi connectivity index (χ3v) is 5.35. The lowest BCUT2D eigenvalue weighted by atomic mass is 10.2. The van der Waals surface area contributed by atoms with Crippen molar-refractivity contribution in [1.82, 2.24) is 14.9 Å². The van der Waals surface area contributed by atoms with E-state index in [0.717, 1.165) is 53.3 Å². The molecule has 0 radical (unpaired) electrons. The second-order valence-electron chi connectivity index (χ2n) is 5.87. The SMILES string of the molecule is Cc1sc(C(=O)N2CCCC2)c2ncnc(NCc3ccco3)c12. The van der Waals surface area contributed by atoms with Crippen LogP contribution in [0.5, 0.6) is 0 Å². The van der Waals surface area contributed by atoms with Crippen LogP contribution in [0.25, 0.3) is 10.9 Å². The second-order valence-corrected chi connectivity index (χ2v) is 7.09. The smallest absolute Gasteiger partial charge is 0.266 e. The summed E-state index contributed by atoms with van der Waals surface area (Å²) >= 11 is 1.50. The number of hydrogen-bond acceptors (Lipinski definition) is 6. The number of likely N-dealkylation sites (tertiary alicyclic amines) is 1. The van der Waals surface area contributed by atoms with Crippen molar-refractivity contribution in [2.24, 2.45) is 0 Å². The number of nitrogens with one attached hydrogen (secondary N) is 1. The number of nitrogens with zero attached hydrogens (tertiary/aromatic N) is 3. The highest BCUT2D eigenvalue weighted by atomic mass is 32.1. The van der Waals surface area contributed by atoms with E-state index in [1.807, 2.05) is 24.0 Å². The molecule has 0 unspecified atom stereocenters. The van der Waals surface area contributed by atoms with E-state index < -0.39 is 0 Å². The molecule has 7 heteroatoms. The van der Waals surface area contributed by atoms with E-state index in [-0.39, 0.29) is 5.91 Å². The molecular formula is C17H18N4O2S. The van der Waals surface area contributed by atoms with E-state index in [2.05, 4.69) is 15.3 Å². The number of rotatable bonds is 4. The standard InChI is InChI=1S/C17H18N4O2S/c1-11-13-14(15(24-11)17(22)21-6-2-3-7-21)19-10-20-16(13)18-9-12-5-4-8-23-12/h4-5,8,10H,2-3,6-7,9H2,1H3,(H,18,19,20). The van der Waals surface area contributed by atoms with Gasteiger partial charge in [0.15, 0.2) is 0 Å². The average Bonchev–Trinajstić information content (AvgIpc) is 3.34. The highest BCUT2D eigenvalue weighted by Crippen LogP contribution is 2.34. The lowest BCUT2D eigenvalue weighted by Gasteiger charge is -2.13. The third-order valence-electron chi connectivity index (χ3n) is 4.27. The highest BCUT2D eigenvalue weighted by molar-refractivity contribution is 7.15. The zero-order valence-electron chi connectivity index (χ0n) is 13.4. The fourth-order valence-corrected chi connectivity index (χ4v) is 4.14. The van der Waals surface area contributed by atoms with Gasteiger partial charge in [0.25, 0.3) is 5.91 Å². The maximum atomic E-state index is 12.8. The highest BCUT2D eigenvalue weighted by Gasteiger charge is 2.25. The van der Waals surface area contributed by atoms with Gasteiger partial charge in [0.1, 0.15) is 22.8 Å². The van der Waals surface area contributed by atoms with Gasteiger partial charge in [-0.25, -0.2) is 9.97 Å². The molecule has 0 saturated carbocycles. The monoisotopic (exact) mass is 342 g/mol. The fourth-order valence-electron chi connectivity index (χ4n) is 3.07. The molecule has 4 rings (SSSR count). The zero-order chi connectivity index (χ0) is 16.5. The van der Waals surface area contributed by atoms with Gasteiger partial charge in [-0.05, 0) is 31.9 Å². The lowest BCUT2D eigenvalue weighted by molar-refractivity contribution is 0.0799. The molecule has 124 valence electrons. The lowest BCUT2D eigenvalue weighted by Crippen LogP contribution is -2.27. The Morgan fingerprint density at radius 2 is 2.21 bits per heavy atom. The van der Waals surface area contributed by atoms with Crippen LogP contribution in [-0.4, -0.2) is 33.9 Å². The number of amides is 1. The minimum absolute atomic E-state index is 0.0892. The van der Waals surface area contributed by atoms with Crippen molar-refractivity contribution in [1.29, 1.82) is 0 Å². The predicted molar refractivity (Wildman–Crippen MR) is 93.3 cm³/mol. The number of fused-ring (bicyclic) bond motifs is 1. The first-order chi connectivity index (χ1) is 11.7. The maximum Gasteiger partial charge on any atom is 0.266 e. The van der Waals surface area contributed by atoms with Crippen LogP contribution in [-0.2, 0) is 6.54 Å². The van der Waals surface area contributed by atoms with Crippen LogP contribution >= 0.6 is 11.3 Å². The molecule has 1 amide bonds. The van der Waals surface area contributed by atoms with Crippen LogP contribution in [0.1, 0.15) is 33.2 Å². The van der Waals surface area contributed by atoms with Gasteiger partial charge in [-0.1, -0.05) is 0 Å². The van der Waals surface area contributed by atoms with Crippen LogP contribution in [0, 0.1) is 6.92 Å². The van der Waals surface area contributed by atoms with Crippen molar-refractivity contribution in [3.8, 4) is 0 Å². The van der Waals surface area contributed by atoms with Gasteiger partial charge in [0, 0.05) is 18.0 Å². The molecule has 24 heavy (non-hydrogen) atoms. The number of anilines is 1. The van der Waals surface area contributed by atoms with Crippen LogP contribution in [0.4, 0.5) is 5.82 Å². The quantitative estimate of drug-likeness (QED) is 0.786. The summed E-state index contributed by atoms with van der Waals surface area (Å²) in [4.78, 5) is 25.2. The molecule has 1 fully saturated rings. The largest absolute Gasteiger partial charge is 0.467 e. The molecule has 0 atom stereocenters. The Balaban J connectivity index is 1.68. The van der Waals surface area contributed by atoms with E-state index in [4.69, 9.17) is 4.42 Å². The zero-order valence-corrected chi connectivity index (χ0v) is 14.2. The molecule has 0 aromatic carbocycles. The molecular weight excluding hydrogens is 324 g/mol. The molecule has 1 saturated heterocycles. The van der Waals surface area contributed by atoms with Crippen LogP contribution in [0.15, 0.2) is 29.1 Å². The molecule has 0 spiro atoms. The molecule has 0 aliphatic carbocycles. The Hall–Kier alpha value is -2.41. The number of thiophene rings is 1. The van der Waals surface area contributed by atoms with Gasteiger partial charge >= 0.3 is 0 Å². The molecule has 0 bridgehead atoms. The van der Waals surface area contributed by atoms with E-state index in [1.54, 1.807) is 6.26 Å². The summed E-state index contributed by atoms with van der Waals surface area (Å²) in [5.74, 6) is 1.67. The number of furan rings is 1. The molecule has 3 aromatic rings. The van der Waals surface area contributed by atoms with Crippen molar-refractivity contribution in [3.63, 3.8) is 0 Å². The normalized spacial score (nSPS) is 14.5.